The van der Waals surface area contributed by atoms with Crippen LogP contribution in [0.25, 0.3) is 0 Å². The standard InChI is InChI=1S/C18H22FN3O2.C6H3Cl2F/c1-5-15(23)22-7-6-11(10-22)20-12-8-13-16(14(19)9-12)18(2,3)21(4)17(13)24;7-5-2-1-4(9)3-6(5)8/h5,8-9,11,20H,1,6-7,10H2,2-4H3;1-3H. The first kappa shape index (κ1) is 25.0. The molecule has 0 bridgehead atoms. The minimum Gasteiger partial charge on any atom is -0.380 e. The van der Waals surface area contributed by atoms with Gasteiger partial charge in [0.1, 0.15) is 11.6 Å². The summed E-state index contributed by atoms with van der Waals surface area (Å²) in [5.41, 5.74) is 0.760. The van der Waals surface area contributed by atoms with Crippen molar-refractivity contribution in [3.8, 4) is 0 Å². The van der Waals surface area contributed by atoms with Crippen LogP contribution >= 0.6 is 23.2 Å². The molecule has 1 saturated heterocycles. The summed E-state index contributed by atoms with van der Waals surface area (Å²) in [6.07, 6.45) is 2.08. The Bertz CT molecular complexity index is 1110. The lowest BCUT2D eigenvalue weighted by atomic mass is 9.93. The molecule has 1 atom stereocenters. The molecule has 0 aliphatic carbocycles. The molecule has 2 amide bonds. The number of nitrogens with zero attached hydrogens (tertiary/aromatic N) is 2. The van der Waals surface area contributed by atoms with E-state index in [-0.39, 0.29) is 34.5 Å². The molecule has 2 aliphatic rings. The lowest BCUT2D eigenvalue weighted by molar-refractivity contribution is -0.125. The minimum atomic E-state index is -0.657. The van der Waals surface area contributed by atoms with E-state index >= 15 is 0 Å². The van der Waals surface area contributed by atoms with E-state index in [1.54, 1.807) is 22.9 Å². The van der Waals surface area contributed by atoms with Crippen LogP contribution in [0.15, 0.2) is 43.0 Å². The highest BCUT2D eigenvalue weighted by molar-refractivity contribution is 6.41. The van der Waals surface area contributed by atoms with E-state index in [2.05, 4.69) is 11.9 Å². The lowest BCUT2D eigenvalue weighted by Gasteiger charge is -2.28. The number of halogens is 4. The van der Waals surface area contributed by atoms with Gasteiger partial charge >= 0.3 is 0 Å². The summed E-state index contributed by atoms with van der Waals surface area (Å²) < 4.78 is 26.8. The van der Waals surface area contributed by atoms with Gasteiger partial charge in [-0.1, -0.05) is 29.8 Å². The number of likely N-dealkylation sites (tertiary alicyclic amines) is 1. The zero-order chi connectivity index (χ0) is 24.5. The molecule has 33 heavy (non-hydrogen) atoms. The van der Waals surface area contributed by atoms with Crippen LogP contribution in [-0.4, -0.2) is 47.8 Å². The number of amides is 2. The molecule has 2 aliphatic heterocycles. The second-order valence-electron chi connectivity index (χ2n) is 8.48. The number of hydrogen-bond donors (Lipinski definition) is 1. The summed E-state index contributed by atoms with van der Waals surface area (Å²) in [5, 5.41) is 3.86. The van der Waals surface area contributed by atoms with E-state index in [1.807, 2.05) is 13.8 Å². The summed E-state index contributed by atoms with van der Waals surface area (Å²) in [6, 6.07) is 7.03. The highest BCUT2D eigenvalue weighted by Crippen LogP contribution is 2.40. The molecule has 176 valence electrons. The average Bonchev–Trinajstić information content (AvgIpc) is 3.28. The van der Waals surface area contributed by atoms with Crippen molar-refractivity contribution < 1.29 is 18.4 Å². The zero-order valence-electron chi connectivity index (χ0n) is 18.6. The fourth-order valence-corrected chi connectivity index (χ4v) is 4.28. The Morgan fingerprint density at radius 2 is 1.91 bits per heavy atom. The Labute approximate surface area is 202 Å². The van der Waals surface area contributed by atoms with Crippen molar-refractivity contribution in [1.82, 2.24) is 9.80 Å². The van der Waals surface area contributed by atoms with Crippen molar-refractivity contribution in [2.45, 2.75) is 31.8 Å². The summed E-state index contributed by atoms with van der Waals surface area (Å²) in [4.78, 5) is 27.3. The fraction of sp³-hybridized carbons (Fsp3) is 0.333. The van der Waals surface area contributed by atoms with Crippen LogP contribution in [0.2, 0.25) is 10.0 Å². The van der Waals surface area contributed by atoms with Crippen molar-refractivity contribution in [2.24, 2.45) is 0 Å². The van der Waals surface area contributed by atoms with Gasteiger partial charge in [0.2, 0.25) is 5.91 Å². The Balaban J connectivity index is 0.000000286. The zero-order valence-corrected chi connectivity index (χ0v) is 20.1. The van der Waals surface area contributed by atoms with Crippen molar-refractivity contribution in [1.29, 1.82) is 0 Å². The Hall–Kier alpha value is -2.64. The molecule has 2 aromatic rings. The van der Waals surface area contributed by atoms with Crippen LogP contribution in [0.3, 0.4) is 0 Å². The highest BCUT2D eigenvalue weighted by Gasteiger charge is 2.43. The van der Waals surface area contributed by atoms with Crippen LogP contribution in [0, 0.1) is 11.6 Å². The Morgan fingerprint density at radius 3 is 2.52 bits per heavy atom. The molecule has 5 nitrogen and oxygen atoms in total. The number of benzene rings is 2. The predicted molar refractivity (Wildman–Crippen MR) is 127 cm³/mol. The molecule has 0 spiro atoms. The molecule has 0 radical (unpaired) electrons. The molecule has 4 rings (SSSR count). The van der Waals surface area contributed by atoms with Gasteiger partial charge in [0.15, 0.2) is 0 Å². The SMILES string of the molecule is C=CC(=O)N1CCC(Nc2cc(F)c3c(c2)C(=O)N(C)C3(C)C)C1.Fc1ccc(Cl)c(Cl)c1. The molecular formula is C24H25Cl2F2N3O2. The number of nitrogens with one attached hydrogen (secondary N) is 1. The molecule has 1 unspecified atom stereocenters. The summed E-state index contributed by atoms with van der Waals surface area (Å²) in [6.45, 7) is 8.35. The number of carbonyl (C=O) groups excluding carboxylic acids is 2. The quantitative estimate of drug-likeness (QED) is 0.453. The summed E-state index contributed by atoms with van der Waals surface area (Å²) >= 11 is 10.9. The van der Waals surface area contributed by atoms with Crippen molar-refractivity contribution in [3.05, 3.63) is 75.8 Å². The maximum atomic E-state index is 14.6. The number of hydrogen-bond acceptors (Lipinski definition) is 3. The van der Waals surface area contributed by atoms with E-state index in [1.165, 1.54) is 30.3 Å². The first-order valence-corrected chi connectivity index (χ1v) is 11.1. The van der Waals surface area contributed by atoms with Crippen LogP contribution in [0.5, 0.6) is 0 Å². The van der Waals surface area contributed by atoms with Crippen molar-refractivity contribution >= 4 is 40.7 Å². The van der Waals surface area contributed by atoms with Gasteiger partial charge in [-0.3, -0.25) is 9.59 Å². The first-order valence-electron chi connectivity index (χ1n) is 10.4. The predicted octanol–water partition coefficient (Wildman–Crippen LogP) is 5.48. The number of anilines is 1. The normalized spacial score (nSPS) is 18.5. The maximum absolute atomic E-state index is 14.6. The van der Waals surface area contributed by atoms with Gasteiger partial charge in [-0.05, 0) is 56.7 Å². The average molecular weight is 496 g/mol. The van der Waals surface area contributed by atoms with Gasteiger partial charge in [0, 0.05) is 37.4 Å². The van der Waals surface area contributed by atoms with Gasteiger partial charge in [0.25, 0.3) is 5.91 Å². The van der Waals surface area contributed by atoms with E-state index in [0.717, 1.165) is 6.42 Å². The summed E-state index contributed by atoms with van der Waals surface area (Å²) in [7, 11) is 1.69. The Kier molecular flexibility index (Phi) is 7.34. The molecule has 2 heterocycles. The molecule has 1 fully saturated rings. The first-order chi connectivity index (χ1) is 15.4. The van der Waals surface area contributed by atoms with Crippen LogP contribution in [0.4, 0.5) is 14.5 Å². The van der Waals surface area contributed by atoms with Crippen LogP contribution in [-0.2, 0) is 10.3 Å². The van der Waals surface area contributed by atoms with Crippen molar-refractivity contribution in [3.63, 3.8) is 0 Å². The topological polar surface area (TPSA) is 52.7 Å². The van der Waals surface area contributed by atoms with E-state index in [4.69, 9.17) is 23.2 Å². The molecule has 0 aromatic heterocycles. The Morgan fingerprint density at radius 1 is 1.21 bits per heavy atom. The molecule has 0 saturated carbocycles. The third kappa shape index (κ3) is 5.14. The second kappa shape index (κ2) is 9.69. The fourth-order valence-electron chi connectivity index (χ4n) is 4.00. The van der Waals surface area contributed by atoms with E-state index in [9.17, 15) is 18.4 Å². The second-order valence-corrected chi connectivity index (χ2v) is 9.29. The van der Waals surface area contributed by atoms with Crippen LogP contribution in [0.1, 0.15) is 36.2 Å². The van der Waals surface area contributed by atoms with Gasteiger partial charge < -0.3 is 15.1 Å². The van der Waals surface area contributed by atoms with Gasteiger partial charge in [-0.25, -0.2) is 8.78 Å². The third-order valence-electron chi connectivity index (χ3n) is 6.00. The van der Waals surface area contributed by atoms with Crippen molar-refractivity contribution in [2.75, 3.05) is 25.5 Å². The smallest absolute Gasteiger partial charge is 0.254 e. The van der Waals surface area contributed by atoms with Gasteiger partial charge in [-0.2, -0.15) is 0 Å². The van der Waals surface area contributed by atoms with Gasteiger partial charge in [0.05, 0.1) is 21.1 Å². The highest BCUT2D eigenvalue weighted by atomic mass is 35.5. The third-order valence-corrected chi connectivity index (χ3v) is 6.74. The van der Waals surface area contributed by atoms with E-state index < -0.39 is 5.54 Å². The molecule has 2 aromatic carbocycles. The number of fused-ring (bicyclic) bond motifs is 1. The maximum Gasteiger partial charge on any atom is 0.254 e. The number of carbonyl (C=O) groups is 2. The number of rotatable bonds is 3. The van der Waals surface area contributed by atoms with E-state index in [0.29, 0.717) is 34.9 Å². The monoisotopic (exact) mass is 495 g/mol. The summed E-state index contributed by atoms with van der Waals surface area (Å²) in [5.74, 6) is -1.02. The molecule has 9 heteroatoms. The largest absolute Gasteiger partial charge is 0.380 e. The minimum absolute atomic E-state index is 0.0357. The van der Waals surface area contributed by atoms with Gasteiger partial charge in [-0.15, -0.1) is 0 Å². The lowest BCUT2D eigenvalue weighted by Crippen LogP contribution is -2.35. The van der Waals surface area contributed by atoms with Crippen LogP contribution < -0.4 is 5.32 Å². The molecule has 1 N–H and O–H groups in total. The molecular weight excluding hydrogens is 471 g/mol.